The number of carbonyl (C=O) groups excluding carboxylic acids is 1. The number of likely N-dealkylation sites (N-methyl/N-ethyl adjacent to an activating group) is 1. The highest BCUT2D eigenvalue weighted by Gasteiger charge is 2.18. The molecule has 0 aliphatic rings. The van der Waals surface area contributed by atoms with Gasteiger partial charge in [-0.15, -0.1) is 0 Å². The smallest absolute Gasteiger partial charge is 0.262 e. The van der Waals surface area contributed by atoms with Crippen LogP contribution in [0.2, 0.25) is 0 Å². The standard InChI is InChI=1S/C16H26N2O3/c1-6-17-11-13-8-9-14(15(10-13)20-7-2)21-12(3)16(19)18(4)5/h8-10,12,17H,6-7,11H2,1-5H3. The molecule has 0 radical (unpaired) electrons. The summed E-state index contributed by atoms with van der Waals surface area (Å²) < 4.78 is 11.4. The van der Waals surface area contributed by atoms with Crippen LogP contribution >= 0.6 is 0 Å². The lowest BCUT2D eigenvalue weighted by Gasteiger charge is -2.20. The van der Waals surface area contributed by atoms with Crippen LogP contribution in [0, 0.1) is 0 Å². The lowest BCUT2D eigenvalue weighted by atomic mass is 10.2. The minimum Gasteiger partial charge on any atom is -0.490 e. The molecule has 0 bridgehead atoms. The van der Waals surface area contributed by atoms with E-state index in [0.717, 1.165) is 18.7 Å². The van der Waals surface area contributed by atoms with Gasteiger partial charge in [-0.25, -0.2) is 0 Å². The maximum Gasteiger partial charge on any atom is 0.262 e. The number of hydrogen-bond donors (Lipinski definition) is 1. The predicted molar refractivity (Wildman–Crippen MR) is 83.8 cm³/mol. The van der Waals surface area contributed by atoms with Crippen LogP contribution in [0.4, 0.5) is 0 Å². The molecule has 1 amide bonds. The Hall–Kier alpha value is -1.75. The molecule has 1 N–H and O–H groups in total. The van der Waals surface area contributed by atoms with Crippen molar-refractivity contribution in [2.45, 2.75) is 33.4 Å². The fourth-order valence-corrected chi connectivity index (χ4v) is 1.90. The number of rotatable bonds is 8. The van der Waals surface area contributed by atoms with E-state index in [1.54, 1.807) is 21.0 Å². The first-order valence-electron chi connectivity index (χ1n) is 7.33. The van der Waals surface area contributed by atoms with E-state index in [-0.39, 0.29) is 5.91 Å². The molecule has 0 saturated carbocycles. The lowest BCUT2D eigenvalue weighted by molar-refractivity contribution is -0.135. The van der Waals surface area contributed by atoms with Crippen molar-refractivity contribution in [3.63, 3.8) is 0 Å². The van der Waals surface area contributed by atoms with Gasteiger partial charge in [-0.05, 0) is 38.1 Å². The average molecular weight is 294 g/mol. The third kappa shape index (κ3) is 5.27. The molecule has 0 fully saturated rings. The maximum absolute atomic E-state index is 11.9. The molecule has 0 aromatic heterocycles. The molecule has 0 saturated heterocycles. The van der Waals surface area contributed by atoms with E-state index in [1.807, 2.05) is 25.1 Å². The zero-order chi connectivity index (χ0) is 15.8. The average Bonchev–Trinajstić information content (AvgIpc) is 2.46. The lowest BCUT2D eigenvalue weighted by Crippen LogP contribution is -2.35. The second-order valence-corrected chi connectivity index (χ2v) is 4.99. The Morgan fingerprint density at radius 1 is 1.29 bits per heavy atom. The SMILES string of the molecule is CCNCc1ccc(OC(C)C(=O)N(C)C)c(OCC)c1. The largest absolute Gasteiger partial charge is 0.490 e. The number of hydrogen-bond acceptors (Lipinski definition) is 4. The summed E-state index contributed by atoms with van der Waals surface area (Å²) in [6, 6.07) is 5.79. The third-order valence-electron chi connectivity index (χ3n) is 2.98. The summed E-state index contributed by atoms with van der Waals surface area (Å²) >= 11 is 0. The van der Waals surface area contributed by atoms with Crippen molar-refractivity contribution < 1.29 is 14.3 Å². The summed E-state index contributed by atoms with van der Waals surface area (Å²) in [5.41, 5.74) is 1.12. The molecule has 0 aliphatic carbocycles. The highest BCUT2D eigenvalue weighted by molar-refractivity contribution is 5.80. The summed E-state index contributed by atoms with van der Waals surface area (Å²) in [4.78, 5) is 13.4. The molecular formula is C16H26N2O3. The minimum atomic E-state index is -0.543. The number of nitrogens with zero attached hydrogens (tertiary/aromatic N) is 1. The van der Waals surface area contributed by atoms with Crippen molar-refractivity contribution in [3.05, 3.63) is 23.8 Å². The van der Waals surface area contributed by atoms with E-state index in [9.17, 15) is 4.79 Å². The van der Waals surface area contributed by atoms with Gasteiger partial charge in [-0.1, -0.05) is 13.0 Å². The van der Waals surface area contributed by atoms with Crippen molar-refractivity contribution in [2.75, 3.05) is 27.2 Å². The molecule has 1 atom stereocenters. The summed E-state index contributed by atoms with van der Waals surface area (Å²) in [7, 11) is 3.43. The van der Waals surface area contributed by atoms with Crippen LogP contribution in [0.25, 0.3) is 0 Å². The van der Waals surface area contributed by atoms with Gasteiger partial charge in [-0.3, -0.25) is 4.79 Å². The van der Waals surface area contributed by atoms with Crippen molar-refractivity contribution in [1.82, 2.24) is 10.2 Å². The van der Waals surface area contributed by atoms with Gasteiger partial charge in [0.1, 0.15) is 0 Å². The van der Waals surface area contributed by atoms with Crippen LogP contribution in [0.1, 0.15) is 26.3 Å². The van der Waals surface area contributed by atoms with Crippen LogP contribution in [-0.4, -0.2) is 44.2 Å². The Morgan fingerprint density at radius 3 is 2.57 bits per heavy atom. The number of ether oxygens (including phenoxy) is 2. The molecule has 21 heavy (non-hydrogen) atoms. The Labute approximate surface area is 127 Å². The van der Waals surface area contributed by atoms with Gasteiger partial charge in [0.25, 0.3) is 5.91 Å². The predicted octanol–water partition coefficient (Wildman–Crippen LogP) is 2.05. The molecule has 1 aromatic carbocycles. The van der Waals surface area contributed by atoms with Crippen LogP contribution in [-0.2, 0) is 11.3 Å². The number of benzene rings is 1. The van der Waals surface area contributed by atoms with Crippen LogP contribution in [0.15, 0.2) is 18.2 Å². The van der Waals surface area contributed by atoms with E-state index < -0.39 is 6.10 Å². The zero-order valence-corrected chi connectivity index (χ0v) is 13.6. The van der Waals surface area contributed by atoms with Crippen LogP contribution in [0.3, 0.4) is 0 Å². The molecule has 5 nitrogen and oxygen atoms in total. The van der Waals surface area contributed by atoms with Gasteiger partial charge in [-0.2, -0.15) is 0 Å². The Balaban J connectivity index is 2.87. The first-order valence-corrected chi connectivity index (χ1v) is 7.33. The summed E-state index contributed by atoms with van der Waals surface area (Å²) in [5.74, 6) is 1.19. The fraction of sp³-hybridized carbons (Fsp3) is 0.562. The molecule has 1 unspecified atom stereocenters. The van der Waals surface area contributed by atoms with Crippen molar-refractivity contribution in [3.8, 4) is 11.5 Å². The molecule has 1 rings (SSSR count). The van der Waals surface area contributed by atoms with Gasteiger partial charge in [0.2, 0.25) is 0 Å². The molecule has 5 heteroatoms. The van der Waals surface area contributed by atoms with Gasteiger partial charge >= 0.3 is 0 Å². The van der Waals surface area contributed by atoms with Gasteiger partial charge < -0.3 is 19.7 Å². The van der Waals surface area contributed by atoms with Gasteiger partial charge in [0.15, 0.2) is 17.6 Å². The number of nitrogens with one attached hydrogen (secondary N) is 1. The summed E-state index contributed by atoms with van der Waals surface area (Å²) in [6.07, 6.45) is -0.543. The number of amides is 1. The summed E-state index contributed by atoms with van der Waals surface area (Å²) in [6.45, 7) is 7.98. The quantitative estimate of drug-likeness (QED) is 0.797. The van der Waals surface area contributed by atoms with Crippen molar-refractivity contribution in [2.24, 2.45) is 0 Å². The Kier molecular flexibility index (Phi) is 7.02. The van der Waals surface area contributed by atoms with Crippen LogP contribution in [0.5, 0.6) is 11.5 Å². The van der Waals surface area contributed by atoms with E-state index in [4.69, 9.17) is 9.47 Å². The number of carbonyl (C=O) groups is 1. The van der Waals surface area contributed by atoms with Gasteiger partial charge in [0, 0.05) is 20.6 Å². The second-order valence-electron chi connectivity index (χ2n) is 4.99. The third-order valence-corrected chi connectivity index (χ3v) is 2.98. The minimum absolute atomic E-state index is 0.0748. The first-order chi connectivity index (χ1) is 9.99. The van der Waals surface area contributed by atoms with E-state index in [0.29, 0.717) is 18.1 Å². The topological polar surface area (TPSA) is 50.8 Å². The fourth-order valence-electron chi connectivity index (χ4n) is 1.90. The molecule has 0 heterocycles. The first kappa shape index (κ1) is 17.3. The summed E-state index contributed by atoms with van der Waals surface area (Å²) in [5, 5.41) is 3.27. The normalized spacial score (nSPS) is 11.9. The van der Waals surface area contributed by atoms with E-state index in [2.05, 4.69) is 12.2 Å². The molecule has 118 valence electrons. The molecular weight excluding hydrogens is 268 g/mol. The monoisotopic (exact) mass is 294 g/mol. The molecule has 1 aromatic rings. The zero-order valence-electron chi connectivity index (χ0n) is 13.6. The van der Waals surface area contributed by atoms with Crippen molar-refractivity contribution in [1.29, 1.82) is 0 Å². The Bertz CT molecular complexity index is 461. The highest BCUT2D eigenvalue weighted by atomic mass is 16.5. The maximum atomic E-state index is 11.9. The van der Waals surface area contributed by atoms with Crippen LogP contribution < -0.4 is 14.8 Å². The second kappa shape index (κ2) is 8.52. The van der Waals surface area contributed by atoms with E-state index in [1.165, 1.54) is 4.90 Å². The Morgan fingerprint density at radius 2 is 2.00 bits per heavy atom. The van der Waals surface area contributed by atoms with Crippen molar-refractivity contribution >= 4 is 5.91 Å². The molecule has 0 aliphatic heterocycles. The highest BCUT2D eigenvalue weighted by Crippen LogP contribution is 2.29. The van der Waals surface area contributed by atoms with E-state index >= 15 is 0 Å². The van der Waals surface area contributed by atoms with Gasteiger partial charge in [0.05, 0.1) is 6.61 Å². The molecule has 0 spiro atoms.